The summed E-state index contributed by atoms with van der Waals surface area (Å²) in [6, 6.07) is 4.05. The van der Waals surface area contributed by atoms with Gasteiger partial charge in [-0.2, -0.15) is 4.31 Å². The van der Waals surface area contributed by atoms with Crippen LogP contribution in [-0.2, 0) is 19.5 Å². The first kappa shape index (κ1) is 16.5. The lowest BCUT2D eigenvalue weighted by Crippen LogP contribution is -2.50. The van der Waals surface area contributed by atoms with Crippen LogP contribution < -0.4 is 0 Å². The van der Waals surface area contributed by atoms with E-state index in [1.54, 1.807) is 0 Å². The van der Waals surface area contributed by atoms with E-state index in [0.29, 0.717) is 29.8 Å². The van der Waals surface area contributed by atoms with E-state index in [4.69, 9.17) is 32.7 Å². The Hall–Kier alpha value is -0.370. The molecular weight excluding hydrogens is 349 g/mol. The second kappa shape index (κ2) is 6.63. The number of benzene rings is 1. The molecule has 22 heavy (non-hydrogen) atoms. The highest BCUT2D eigenvalue weighted by atomic mass is 35.5. The molecule has 0 aromatic heterocycles. The predicted molar refractivity (Wildman–Crippen MR) is 83.7 cm³/mol. The Morgan fingerprint density at radius 1 is 1.05 bits per heavy atom. The van der Waals surface area contributed by atoms with E-state index in [1.165, 1.54) is 22.5 Å². The zero-order valence-electron chi connectivity index (χ0n) is 11.9. The molecule has 122 valence electrons. The van der Waals surface area contributed by atoms with E-state index in [0.717, 1.165) is 19.3 Å². The Bertz CT molecular complexity index is 626. The standard InChI is InChI=1S/C14H17Cl2NO4S/c15-10-7-11(16)9-12(8-10)22(18,19)17-4-2-1-3-13(17)14-20-5-6-21-14/h7-9,13-14H,1-6H2. The Labute approximate surface area is 140 Å². The van der Waals surface area contributed by atoms with Crippen molar-refractivity contribution in [3.8, 4) is 0 Å². The molecule has 0 spiro atoms. The summed E-state index contributed by atoms with van der Waals surface area (Å²) in [5, 5.41) is 0.598. The maximum atomic E-state index is 13.0. The number of hydrogen-bond acceptors (Lipinski definition) is 4. The van der Waals surface area contributed by atoms with Crippen LogP contribution in [0, 0.1) is 0 Å². The first-order valence-electron chi connectivity index (χ1n) is 7.19. The zero-order chi connectivity index (χ0) is 15.7. The molecule has 2 aliphatic heterocycles. The van der Waals surface area contributed by atoms with Gasteiger partial charge in [0, 0.05) is 16.6 Å². The fraction of sp³-hybridized carbons (Fsp3) is 0.571. The van der Waals surface area contributed by atoms with E-state index in [-0.39, 0.29) is 10.9 Å². The summed E-state index contributed by atoms with van der Waals surface area (Å²) in [6.07, 6.45) is 2.00. The summed E-state index contributed by atoms with van der Waals surface area (Å²) in [4.78, 5) is 0.106. The van der Waals surface area contributed by atoms with Gasteiger partial charge in [0.05, 0.1) is 24.2 Å². The summed E-state index contributed by atoms with van der Waals surface area (Å²) in [5.74, 6) is 0. The Kier molecular flexibility index (Phi) is 4.97. The molecule has 2 fully saturated rings. The molecule has 1 atom stereocenters. The second-order valence-corrected chi connectivity index (χ2v) is 8.16. The average Bonchev–Trinajstić information content (AvgIpc) is 3.00. The van der Waals surface area contributed by atoms with Crippen molar-refractivity contribution >= 4 is 33.2 Å². The van der Waals surface area contributed by atoms with Gasteiger partial charge in [-0.25, -0.2) is 8.42 Å². The number of hydrogen-bond donors (Lipinski definition) is 0. The molecule has 0 amide bonds. The van der Waals surface area contributed by atoms with Gasteiger partial charge in [0.2, 0.25) is 10.0 Å². The molecule has 3 rings (SSSR count). The minimum Gasteiger partial charge on any atom is -0.349 e. The van der Waals surface area contributed by atoms with E-state index in [1.807, 2.05) is 0 Å². The van der Waals surface area contributed by atoms with E-state index in [2.05, 4.69) is 0 Å². The van der Waals surface area contributed by atoms with Crippen LogP contribution in [0.15, 0.2) is 23.1 Å². The molecule has 0 saturated carbocycles. The average molecular weight is 366 g/mol. The molecule has 0 N–H and O–H groups in total. The molecular formula is C14H17Cl2NO4S. The van der Waals surface area contributed by atoms with Crippen molar-refractivity contribution in [3.05, 3.63) is 28.2 Å². The van der Waals surface area contributed by atoms with Crippen molar-refractivity contribution in [3.63, 3.8) is 0 Å². The van der Waals surface area contributed by atoms with Gasteiger partial charge < -0.3 is 9.47 Å². The fourth-order valence-electron chi connectivity index (χ4n) is 2.91. The minimum absolute atomic E-state index is 0.106. The molecule has 0 radical (unpaired) electrons. The maximum absolute atomic E-state index is 13.0. The lowest BCUT2D eigenvalue weighted by Gasteiger charge is -2.36. The highest BCUT2D eigenvalue weighted by Crippen LogP contribution is 2.31. The maximum Gasteiger partial charge on any atom is 0.243 e. The molecule has 2 heterocycles. The number of ether oxygens (including phenoxy) is 2. The van der Waals surface area contributed by atoms with Crippen LogP contribution in [0.1, 0.15) is 19.3 Å². The molecule has 1 aromatic carbocycles. The molecule has 1 unspecified atom stereocenters. The molecule has 0 bridgehead atoms. The van der Waals surface area contributed by atoms with Gasteiger partial charge in [0.25, 0.3) is 0 Å². The van der Waals surface area contributed by atoms with Gasteiger partial charge in [0.1, 0.15) is 0 Å². The third-order valence-electron chi connectivity index (χ3n) is 3.90. The van der Waals surface area contributed by atoms with E-state index >= 15 is 0 Å². The third kappa shape index (κ3) is 3.27. The first-order chi connectivity index (χ1) is 10.5. The first-order valence-corrected chi connectivity index (χ1v) is 9.39. The van der Waals surface area contributed by atoms with Gasteiger partial charge in [-0.15, -0.1) is 0 Å². The van der Waals surface area contributed by atoms with Gasteiger partial charge in [-0.05, 0) is 31.0 Å². The van der Waals surface area contributed by atoms with E-state index in [9.17, 15) is 8.42 Å². The number of rotatable bonds is 3. The van der Waals surface area contributed by atoms with Crippen LogP contribution in [0.5, 0.6) is 0 Å². The molecule has 8 heteroatoms. The summed E-state index contributed by atoms with van der Waals surface area (Å²) in [7, 11) is -3.69. The topological polar surface area (TPSA) is 55.8 Å². The molecule has 2 aliphatic rings. The Morgan fingerprint density at radius 2 is 1.68 bits per heavy atom. The third-order valence-corrected chi connectivity index (χ3v) is 6.24. The smallest absolute Gasteiger partial charge is 0.243 e. The Morgan fingerprint density at radius 3 is 2.32 bits per heavy atom. The van der Waals surface area contributed by atoms with Crippen molar-refractivity contribution in [2.24, 2.45) is 0 Å². The number of sulfonamides is 1. The SMILES string of the molecule is O=S(=O)(c1cc(Cl)cc(Cl)c1)N1CCCCC1C1OCCO1. The highest BCUT2D eigenvalue weighted by molar-refractivity contribution is 7.89. The van der Waals surface area contributed by atoms with Gasteiger partial charge >= 0.3 is 0 Å². The van der Waals surface area contributed by atoms with Crippen LogP contribution in [0.4, 0.5) is 0 Å². The second-order valence-electron chi connectivity index (χ2n) is 5.39. The van der Waals surface area contributed by atoms with Gasteiger partial charge in [-0.3, -0.25) is 0 Å². The van der Waals surface area contributed by atoms with Gasteiger partial charge in [0.15, 0.2) is 6.29 Å². The number of piperidine rings is 1. The molecule has 0 aliphatic carbocycles. The van der Waals surface area contributed by atoms with Gasteiger partial charge in [-0.1, -0.05) is 29.6 Å². The molecule has 5 nitrogen and oxygen atoms in total. The molecule has 2 saturated heterocycles. The quantitative estimate of drug-likeness (QED) is 0.826. The number of halogens is 2. The Balaban J connectivity index is 1.94. The zero-order valence-corrected chi connectivity index (χ0v) is 14.2. The van der Waals surface area contributed by atoms with Crippen LogP contribution >= 0.6 is 23.2 Å². The van der Waals surface area contributed by atoms with Crippen LogP contribution in [-0.4, -0.2) is 44.8 Å². The highest BCUT2D eigenvalue weighted by Gasteiger charge is 2.40. The predicted octanol–water partition coefficient (Wildman–Crippen LogP) is 2.91. The van der Waals surface area contributed by atoms with Crippen molar-refractivity contribution in [2.75, 3.05) is 19.8 Å². The van der Waals surface area contributed by atoms with Crippen LogP contribution in [0.2, 0.25) is 10.0 Å². The minimum atomic E-state index is -3.69. The van der Waals surface area contributed by atoms with Crippen molar-refractivity contribution < 1.29 is 17.9 Å². The van der Waals surface area contributed by atoms with Crippen molar-refractivity contribution in [2.45, 2.75) is 36.5 Å². The fourth-order valence-corrected chi connectivity index (χ4v) is 5.32. The van der Waals surface area contributed by atoms with Crippen molar-refractivity contribution in [1.29, 1.82) is 0 Å². The summed E-state index contributed by atoms with van der Waals surface area (Å²) in [6.45, 7) is 1.44. The lowest BCUT2D eigenvalue weighted by molar-refractivity contribution is -0.0913. The monoisotopic (exact) mass is 365 g/mol. The summed E-state index contributed by atoms with van der Waals surface area (Å²) < 4.78 is 38.4. The van der Waals surface area contributed by atoms with Crippen molar-refractivity contribution in [1.82, 2.24) is 4.31 Å². The van der Waals surface area contributed by atoms with Crippen LogP contribution in [0.25, 0.3) is 0 Å². The summed E-state index contributed by atoms with van der Waals surface area (Å²) >= 11 is 11.9. The normalized spacial score (nSPS) is 24.7. The lowest BCUT2D eigenvalue weighted by atomic mass is 10.0. The van der Waals surface area contributed by atoms with Crippen LogP contribution in [0.3, 0.4) is 0 Å². The largest absolute Gasteiger partial charge is 0.349 e. The van der Waals surface area contributed by atoms with E-state index < -0.39 is 16.3 Å². The summed E-state index contributed by atoms with van der Waals surface area (Å²) in [5.41, 5.74) is 0. The number of nitrogens with zero attached hydrogens (tertiary/aromatic N) is 1. The molecule has 1 aromatic rings.